The van der Waals surface area contributed by atoms with E-state index in [1.807, 2.05) is 30.3 Å². The van der Waals surface area contributed by atoms with Crippen molar-refractivity contribution in [2.45, 2.75) is 52.4 Å². The average molecular weight is 853 g/mol. The van der Waals surface area contributed by atoms with Gasteiger partial charge in [-0.05, 0) is 90.2 Å². The lowest BCUT2D eigenvalue weighted by molar-refractivity contribution is 0.360. The fraction of sp³-hybridized carbons (Fsp3) is 0.140. The molecule has 0 fully saturated rings. The zero-order chi connectivity index (χ0) is 43.1. The van der Waals surface area contributed by atoms with Crippen molar-refractivity contribution >= 4 is 66.4 Å². The molecule has 0 unspecified atom stereocenters. The van der Waals surface area contributed by atoms with Crippen LogP contribution < -0.4 is 30.2 Å². The molecule has 0 saturated heterocycles. The lowest BCUT2D eigenvalue weighted by Crippen LogP contribution is -2.74. The molecule has 8 aromatic carbocycles. The molecule has 6 heteroatoms. The number of aromatic nitrogens is 2. The van der Waals surface area contributed by atoms with Gasteiger partial charge in [-0.1, -0.05) is 198 Å². The molecule has 1 aliphatic rings. The van der Waals surface area contributed by atoms with Crippen molar-refractivity contribution < 1.29 is 9.47 Å². The van der Waals surface area contributed by atoms with E-state index in [0.29, 0.717) is 0 Å². The van der Waals surface area contributed by atoms with E-state index in [0.717, 1.165) is 55.7 Å². The normalized spacial score (nSPS) is 12.9. The van der Waals surface area contributed by atoms with Crippen molar-refractivity contribution in [1.29, 1.82) is 0 Å². The first kappa shape index (κ1) is 39.1. The largest absolute Gasteiger partial charge is 0.449 e. The Morgan fingerprint density at radius 1 is 0.444 bits per heavy atom. The van der Waals surface area contributed by atoms with Gasteiger partial charge in [-0.2, -0.15) is 0 Å². The molecule has 0 radical (unpaired) electrons. The van der Waals surface area contributed by atoms with Crippen molar-refractivity contribution in [3.8, 4) is 45.3 Å². The van der Waals surface area contributed by atoms with E-state index in [2.05, 4.69) is 198 Å². The molecule has 63 heavy (non-hydrogen) atoms. The Balaban J connectivity index is 1.21. The van der Waals surface area contributed by atoms with E-state index in [1.165, 1.54) is 47.7 Å². The van der Waals surface area contributed by atoms with Crippen molar-refractivity contribution in [1.82, 2.24) is 9.38 Å². The zero-order valence-electron chi connectivity index (χ0n) is 36.4. The monoisotopic (exact) mass is 852 g/mol. The molecular weight excluding hydrogens is 805 g/mol. The van der Waals surface area contributed by atoms with Crippen molar-refractivity contribution in [3.63, 3.8) is 0 Å². The summed E-state index contributed by atoms with van der Waals surface area (Å²) in [5.41, 5.74) is 10.1. The van der Waals surface area contributed by atoms with Crippen LogP contribution in [0.15, 0.2) is 182 Å². The summed E-state index contributed by atoms with van der Waals surface area (Å²) in [4.78, 5) is 6.43. The number of para-hydroxylation sites is 5. The third-order valence-electron chi connectivity index (χ3n) is 12.7. The van der Waals surface area contributed by atoms with Crippen LogP contribution in [0.5, 0.6) is 23.0 Å². The van der Waals surface area contributed by atoms with E-state index in [1.54, 1.807) is 11.3 Å². The summed E-state index contributed by atoms with van der Waals surface area (Å²) in [6.07, 6.45) is 0. The van der Waals surface area contributed by atoms with Crippen LogP contribution in [0.4, 0.5) is 0 Å². The van der Waals surface area contributed by atoms with E-state index in [9.17, 15) is 0 Å². The van der Waals surface area contributed by atoms with Gasteiger partial charge in [0.05, 0.1) is 21.3 Å². The van der Waals surface area contributed by atoms with E-state index < -0.39 is 8.07 Å². The number of benzene rings is 8. The van der Waals surface area contributed by atoms with Crippen LogP contribution >= 0.6 is 11.3 Å². The molecule has 0 bridgehead atoms. The maximum Gasteiger partial charge on any atom is 0.195 e. The first-order chi connectivity index (χ1) is 30.5. The molecule has 308 valence electrons. The van der Waals surface area contributed by atoms with Crippen LogP contribution in [0.1, 0.15) is 52.7 Å². The van der Waals surface area contributed by atoms with Crippen molar-refractivity contribution in [2.75, 3.05) is 0 Å². The van der Waals surface area contributed by atoms with Crippen LogP contribution in [0.2, 0.25) is 0 Å². The molecule has 11 rings (SSSR count). The molecule has 0 atom stereocenters. The highest BCUT2D eigenvalue weighted by atomic mass is 32.1. The number of thiazole rings is 1. The number of ether oxygens (including phenoxy) is 2. The molecule has 3 heterocycles. The van der Waals surface area contributed by atoms with Gasteiger partial charge in [0.15, 0.2) is 36.0 Å². The first-order valence-electron chi connectivity index (χ1n) is 21.8. The predicted octanol–water partition coefficient (Wildman–Crippen LogP) is 12.9. The highest BCUT2D eigenvalue weighted by Crippen LogP contribution is 2.51. The fourth-order valence-electron chi connectivity index (χ4n) is 9.87. The lowest BCUT2D eigenvalue weighted by Gasteiger charge is -2.37. The molecule has 0 aliphatic carbocycles. The van der Waals surface area contributed by atoms with Gasteiger partial charge in [0.1, 0.15) is 0 Å². The van der Waals surface area contributed by atoms with Crippen molar-refractivity contribution in [2.24, 2.45) is 0 Å². The van der Waals surface area contributed by atoms with Gasteiger partial charge in [-0.3, -0.25) is 4.40 Å². The lowest BCUT2D eigenvalue weighted by atomic mass is 9.81. The topological polar surface area (TPSA) is 35.8 Å². The SMILES string of the molecule is CC(C)(C)c1ccc([Si](c2ccccc2)(c2ccccc2)c2ccc(C(C)(C)C)c(-c3cccc4c3nc3sc5ccccc5n34)c2)cc1-c1cccc2c1Oc1ccccc1O2. The molecule has 4 nitrogen and oxygen atoms in total. The smallest absolute Gasteiger partial charge is 0.195 e. The van der Waals surface area contributed by atoms with Gasteiger partial charge in [0.2, 0.25) is 0 Å². The third kappa shape index (κ3) is 6.34. The molecule has 10 aromatic rings. The Kier molecular flexibility index (Phi) is 9.12. The van der Waals surface area contributed by atoms with Crippen LogP contribution in [-0.2, 0) is 10.8 Å². The Hall–Kier alpha value is -6.73. The second-order valence-corrected chi connectivity index (χ2v) is 23.6. The van der Waals surface area contributed by atoms with Crippen LogP contribution in [0.25, 0.3) is 48.5 Å². The van der Waals surface area contributed by atoms with E-state index in [-0.39, 0.29) is 10.8 Å². The minimum absolute atomic E-state index is 0.141. The fourth-order valence-corrected chi connectivity index (χ4v) is 15.7. The number of rotatable bonds is 6. The maximum absolute atomic E-state index is 6.77. The Morgan fingerprint density at radius 2 is 0.952 bits per heavy atom. The minimum atomic E-state index is -3.10. The molecule has 0 saturated carbocycles. The highest BCUT2D eigenvalue weighted by Gasteiger charge is 2.43. The van der Waals surface area contributed by atoms with Gasteiger partial charge in [0.25, 0.3) is 0 Å². The van der Waals surface area contributed by atoms with Crippen LogP contribution in [-0.4, -0.2) is 17.5 Å². The Labute approximate surface area is 374 Å². The summed E-state index contributed by atoms with van der Waals surface area (Å²) in [7, 11) is -3.10. The molecule has 0 N–H and O–H groups in total. The summed E-state index contributed by atoms with van der Waals surface area (Å²) < 4.78 is 16.9. The second-order valence-electron chi connectivity index (χ2n) is 18.8. The minimum Gasteiger partial charge on any atom is -0.449 e. The van der Waals surface area contributed by atoms with Gasteiger partial charge >= 0.3 is 0 Å². The van der Waals surface area contributed by atoms with Gasteiger partial charge in [0, 0.05) is 11.1 Å². The summed E-state index contributed by atoms with van der Waals surface area (Å²) in [6.45, 7) is 13.9. The molecule has 1 aliphatic heterocycles. The number of imidazole rings is 1. The van der Waals surface area contributed by atoms with Gasteiger partial charge in [-0.15, -0.1) is 0 Å². The van der Waals surface area contributed by atoms with Gasteiger partial charge in [-0.25, -0.2) is 4.98 Å². The first-order valence-corrected chi connectivity index (χ1v) is 24.6. The third-order valence-corrected chi connectivity index (χ3v) is 18.5. The summed E-state index contributed by atoms with van der Waals surface area (Å²) in [5.74, 6) is 2.90. The summed E-state index contributed by atoms with van der Waals surface area (Å²) in [6, 6.07) is 66.7. The number of fused-ring (bicyclic) bond motifs is 7. The molecule has 0 amide bonds. The maximum atomic E-state index is 6.77. The number of hydrogen-bond donors (Lipinski definition) is 0. The van der Waals surface area contributed by atoms with Gasteiger partial charge < -0.3 is 9.47 Å². The molecule has 0 spiro atoms. The summed E-state index contributed by atoms with van der Waals surface area (Å²) in [5, 5.41) is 5.23. The predicted molar refractivity (Wildman–Crippen MR) is 267 cm³/mol. The molecular formula is C57H48N2O2SSi. The number of hydrogen-bond acceptors (Lipinski definition) is 4. The number of nitrogens with zero attached hydrogens (tertiary/aromatic N) is 2. The Morgan fingerprint density at radius 3 is 1.59 bits per heavy atom. The standard InChI is InChI=1S/C57H48N2O2SSi/c1-56(2,3)45-33-31-39(35-43(45)41-23-17-26-48-53(41)58-55-59(48)47-25-13-16-30-52(47)62-55)63(37-19-9-7-10-20-37,38-21-11-8-12-22-38)40-32-34-46(57(4,5)6)44(36-40)42-24-18-29-51-54(42)61-50-28-15-14-27-49(50)60-51/h7-36H,1-6H3. The zero-order valence-corrected chi connectivity index (χ0v) is 38.3. The summed E-state index contributed by atoms with van der Waals surface area (Å²) >= 11 is 1.75. The van der Waals surface area contributed by atoms with Crippen LogP contribution in [0, 0.1) is 0 Å². The van der Waals surface area contributed by atoms with Crippen molar-refractivity contribution in [3.05, 3.63) is 193 Å². The van der Waals surface area contributed by atoms with E-state index in [4.69, 9.17) is 14.5 Å². The Bertz CT molecular complexity index is 3330. The second kappa shape index (κ2) is 14.7. The average Bonchev–Trinajstić information content (AvgIpc) is 3.85. The quantitative estimate of drug-likeness (QED) is 0.123. The van der Waals surface area contributed by atoms with E-state index >= 15 is 0 Å². The van der Waals surface area contributed by atoms with Crippen LogP contribution in [0.3, 0.4) is 0 Å². The highest BCUT2D eigenvalue weighted by molar-refractivity contribution is 7.23. The molecule has 2 aromatic heterocycles.